The molecule has 2 aromatic rings. The zero-order valence-corrected chi connectivity index (χ0v) is 18.0. The highest BCUT2D eigenvalue weighted by molar-refractivity contribution is 5.91. The molecule has 0 spiro atoms. The van der Waals surface area contributed by atoms with Crippen molar-refractivity contribution in [2.24, 2.45) is 0 Å². The molecule has 1 unspecified atom stereocenters. The Morgan fingerprint density at radius 2 is 1.79 bits per heavy atom. The first-order valence-corrected chi connectivity index (χ1v) is 10.2. The molecule has 4 heteroatoms. The molecule has 1 saturated heterocycles. The summed E-state index contributed by atoms with van der Waals surface area (Å²) >= 11 is 0. The second kappa shape index (κ2) is 7.86. The lowest BCUT2D eigenvalue weighted by molar-refractivity contribution is 0.200. The van der Waals surface area contributed by atoms with E-state index in [-0.39, 0.29) is 17.5 Å². The Morgan fingerprint density at radius 3 is 2.43 bits per heavy atom. The lowest BCUT2D eigenvalue weighted by Gasteiger charge is -2.41. The topological polar surface area (TPSA) is 35.6 Å². The summed E-state index contributed by atoms with van der Waals surface area (Å²) in [7, 11) is 0. The first kappa shape index (κ1) is 20.2. The quantitative estimate of drug-likeness (QED) is 0.764. The number of carbonyl (C=O) groups excluding carboxylic acids is 1. The van der Waals surface area contributed by atoms with Gasteiger partial charge in [0.2, 0.25) is 0 Å². The summed E-state index contributed by atoms with van der Waals surface area (Å²) in [5, 5.41) is 3.21. The van der Waals surface area contributed by atoms with Gasteiger partial charge in [-0.2, -0.15) is 0 Å². The van der Waals surface area contributed by atoms with Gasteiger partial charge in [0, 0.05) is 37.1 Å². The van der Waals surface area contributed by atoms with Crippen molar-refractivity contribution in [2.75, 3.05) is 29.9 Å². The molecule has 1 aliphatic rings. The molecule has 1 fully saturated rings. The molecule has 4 nitrogen and oxygen atoms in total. The molecular weight excluding hydrogens is 346 g/mol. The van der Waals surface area contributed by atoms with Crippen LogP contribution in [-0.4, -0.2) is 36.6 Å². The van der Waals surface area contributed by atoms with Crippen LogP contribution in [0.4, 0.5) is 16.2 Å². The monoisotopic (exact) mass is 379 g/mol. The second-order valence-electron chi connectivity index (χ2n) is 9.01. The third kappa shape index (κ3) is 4.32. The number of para-hydroxylation sites is 1. The van der Waals surface area contributed by atoms with Crippen molar-refractivity contribution in [3.8, 4) is 0 Å². The van der Waals surface area contributed by atoms with Gasteiger partial charge in [0.15, 0.2) is 0 Å². The van der Waals surface area contributed by atoms with Gasteiger partial charge in [0.05, 0.1) is 0 Å². The number of nitrogens with one attached hydrogen (secondary N) is 1. The van der Waals surface area contributed by atoms with Crippen LogP contribution in [0.25, 0.3) is 0 Å². The Morgan fingerprint density at radius 1 is 1.07 bits per heavy atom. The van der Waals surface area contributed by atoms with E-state index in [0.29, 0.717) is 0 Å². The molecule has 0 aliphatic carbocycles. The normalized spacial score (nSPS) is 17.6. The number of rotatable bonds is 2. The third-order valence-corrected chi connectivity index (χ3v) is 5.56. The minimum atomic E-state index is -0.0220. The van der Waals surface area contributed by atoms with Crippen molar-refractivity contribution >= 4 is 17.4 Å². The van der Waals surface area contributed by atoms with Gasteiger partial charge in [-0.3, -0.25) is 0 Å². The first-order chi connectivity index (χ1) is 13.2. The van der Waals surface area contributed by atoms with Crippen LogP contribution in [0.2, 0.25) is 0 Å². The molecule has 0 aromatic heterocycles. The van der Waals surface area contributed by atoms with E-state index in [2.05, 4.69) is 94.2 Å². The zero-order valence-electron chi connectivity index (χ0n) is 18.0. The lowest BCUT2D eigenvalue weighted by atomic mass is 9.84. The van der Waals surface area contributed by atoms with E-state index in [4.69, 9.17) is 0 Å². The maximum absolute atomic E-state index is 13.0. The average Bonchev–Trinajstić information content (AvgIpc) is 2.62. The van der Waals surface area contributed by atoms with E-state index in [1.54, 1.807) is 0 Å². The van der Waals surface area contributed by atoms with Gasteiger partial charge < -0.3 is 15.1 Å². The van der Waals surface area contributed by atoms with Crippen molar-refractivity contribution in [1.82, 2.24) is 4.90 Å². The van der Waals surface area contributed by atoms with Crippen LogP contribution >= 0.6 is 0 Å². The molecule has 28 heavy (non-hydrogen) atoms. The number of benzene rings is 2. The molecule has 0 bridgehead atoms. The Balaban J connectivity index is 1.73. The minimum Gasteiger partial charge on any atom is -0.365 e. The van der Waals surface area contributed by atoms with Crippen LogP contribution < -0.4 is 10.2 Å². The van der Waals surface area contributed by atoms with Gasteiger partial charge in [-0.25, -0.2) is 4.79 Å². The van der Waals surface area contributed by atoms with E-state index in [0.717, 1.165) is 30.9 Å². The zero-order chi connectivity index (χ0) is 20.5. The molecule has 1 N–H and O–H groups in total. The summed E-state index contributed by atoms with van der Waals surface area (Å²) in [4.78, 5) is 17.4. The standard InChI is InChI=1S/C24H33N3O/c1-17-9-7-11-20(15-17)27-14-13-26(16-19(27)3)23(28)25-22-18(2)10-8-12-21(22)24(4,5)6/h7-12,15,19H,13-14,16H2,1-6H3,(H,25,28). The predicted molar refractivity (Wildman–Crippen MR) is 118 cm³/mol. The molecule has 0 radical (unpaired) electrons. The molecule has 1 heterocycles. The smallest absolute Gasteiger partial charge is 0.321 e. The van der Waals surface area contributed by atoms with Crippen molar-refractivity contribution in [2.45, 2.75) is 53.0 Å². The Kier molecular flexibility index (Phi) is 5.69. The van der Waals surface area contributed by atoms with Crippen LogP contribution in [0.1, 0.15) is 44.4 Å². The largest absolute Gasteiger partial charge is 0.365 e. The summed E-state index contributed by atoms with van der Waals surface area (Å²) in [5.74, 6) is 0. The molecule has 0 saturated carbocycles. The number of aryl methyl sites for hydroxylation is 2. The van der Waals surface area contributed by atoms with Gasteiger partial charge in [0.1, 0.15) is 0 Å². The van der Waals surface area contributed by atoms with Gasteiger partial charge in [0.25, 0.3) is 0 Å². The van der Waals surface area contributed by atoms with Crippen LogP contribution in [0.5, 0.6) is 0 Å². The first-order valence-electron chi connectivity index (χ1n) is 10.2. The molecule has 2 aromatic carbocycles. The summed E-state index contributed by atoms with van der Waals surface area (Å²) in [6.07, 6.45) is 0. The second-order valence-corrected chi connectivity index (χ2v) is 9.01. The van der Waals surface area contributed by atoms with Crippen molar-refractivity contribution in [3.05, 3.63) is 59.2 Å². The number of amides is 2. The molecule has 1 aliphatic heterocycles. The summed E-state index contributed by atoms with van der Waals surface area (Å²) < 4.78 is 0. The van der Waals surface area contributed by atoms with E-state index >= 15 is 0 Å². The Hall–Kier alpha value is -2.49. The molecule has 1 atom stereocenters. The van der Waals surface area contributed by atoms with Crippen molar-refractivity contribution in [3.63, 3.8) is 0 Å². The molecule has 2 amide bonds. The summed E-state index contributed by atoms with van der Waals surface area (Å²) in [6, 6.07) is 15.1. The fraction of sp³-hybridized carbons (Fsp3) is 0.458. The van der Waals surface area contributed by atoms with Gasteiger partial charge in [-0.05, 0) is 55.0 Å². The van der Waals surface area contributed by atoms with E-state index in [1.165, 1.54) is 16.8 Å². The fourth-order valence-corrected chi connectivity index (χ4v) is 3.98. The van der Waals surface area contributed by atoms with Gasteiger partial charge in [-0.15, -0.1) is 0 Å². The highest BCUT2D eigenvalue weighted by Crippen LogP contribution is 2.32. The Bertz CT molecular complexity index is 853. The van der Waals surface area contributed by atoms with E-state index in [1.807, 2.05) is 4.90 Å². The number of piperazine rings is 1. The number of anilines is 2. The van der Waals surface area contributed by atoms with Crippen molar-refractivity contribution in [1.29, 1.82) is 0 Å². The number of nitrogens with zero attached hydrogens (tertiary/aromatic N) is 2. The van der Waals surface area contributed by atoms with Crippen LogP contribution in [-0.2, 0) is 5.41 Å². The SMILES string of the molecule is Cc1cccc(N2CCN(C(=O)Nc3c(C)cccc3C(C)(C)C)CC2C)c1. The lowest BCUT2D eigenvalue weighted by Crippen LogP contribution is -2.54. The van der Waals surface area contributed by atoms with Gasteiger partial charge in [-0.1, -0.05) is 51.1 Å². The number of hydrogen-bond donors (Lipinski definition) is 1. The molecule has 150 valence electrons. The predicted octanol–water partition coefficient (Wildman–Crippen LogP) is 5.34. The van der Waals surface area contributed by atoms with Crippen molar-refractivity contribution < 1.29 is 4.79 Å². The van der Waals surface area contributed by atoms with E-state index in [9.17, 15) is 4.79 Å². The number of urea groups is 1. The highest BCUT2D eigenvalue weighted by atomic mass is 16.2. The minimum absolute atomic E-state index is 0.00413. The molecular formula is C24H33N3O. The maximum atomic E-state index is 13.0. The fourth-order valence-electron chi connectivity index (χ4n) is 3.98. The third-order valence-electron chi connectivity index (χ3n) is 5.56. The van der Waals surface area contributed by atoms with Crippen LogP contribution in [0.15, 0.2) is 42.5 Å². The summed E-state index contributed by atoms with van der Waals surface area (Å²) in [5.41, 5.74) is 5.71. The highest BCUT2D eigenvalue weighted by Gasteiger charge is 2.28. The number of hydrogen-bond acceptors (Lipinski definition) is 2. The Labute approximate surface area is 169 Å². The van der Waals surface area contributed by atoms with E-state index < -0.39 is 0 Å². The van der Waals surface area contributed by atoms with Crippen LogP contribution in [0, 0.1) is 13.8 Å². The van der Waals surface area contributed by atoms with Crippen LogP contribution in [0.3, 0.4) is 0 Å². The average molecular weight is 380 g/mol. The number of carbonyl (C=O) groups is 1. The van der Waals surface area contributed by atoms with Gasteiger partial charge >= 0.3 is 6.03 Å². The summed E-state index contributed by atoms with van der Waals surface area (Å²) in [6.45, 7) is 15.2. The maximum Gasteiger partial charge on any atom is 0.321 e. The molecule has 3 rings (SSSR count).